The van der Waals surface area contributed by atoms with Gasteiger partial charge in [-0.15, -0.1) is 0 Å². The van der Waals surface area contributed by atoms with Crippen LogP contribution in [0.25, 0.3) is 0 Å². The second-order valence-corrected chi connectivity index (χ2v) is 5.80. The molecule has 0 aliphatic carbocycles. The molecule has 124 valence electrons. The highest BCUT2D eigenvalue weighted by atomic mass is 35.5. The summed E-state index contributed by atoms with van der Waals surface area (Å²) in [6, 6.07) is 5.67. The lowest BCUT2D eigenvalue weighted by Crippen LogP contribution is -2.46. The summed E-state index contributed by atoms with van der Waals surface area (Å²) in [7, 11) is 0. The SMILES string of the molecule is C=CC(=O)N1CC(NC(=O)CCc2ccccc2Cl)C(F)(F)C1. The van der Waals surface area contributed by atoms with E-state index in [0.29, 0.717) is 11.4 Å². The molecule has 1 aliphatic rings. The van der Waals surface area contributed by atoms with Gasteiger partial charge in [-0.25, -0.2) is 8.78 Å². The molecule has 0 spiro atoms. The molecule has 1 aliphatic heterocycles. The maximum atomic E-state index is 13.9. The number of alkyl halides is 2. The van der Waals surface area contributed by atoms with Crippen LogP contribution in [0.15, 0.2) is 36.9 Å². The lowest BCUT2D eigenvalue weighted by atomic mass is 10.1. The number of benzene rings is 1. The van der Waals surface area contributed by atoms with Crippen LogP contribution >= 0.6 is 11.6 Å². The molecule has 2 rings (SSSR count). The van der Waals surface area contributed by atoms with Crippen molar-refractivity contribution in [2.75, 3.05) is 13.1 Å². The Morgan fingerprint density at radius 2 is 2.13 bits per heavy atom. The zero-order valence-corrected chi connectivity index (χ0v) is 13.2. The van der Waals surface area contributed by atoms with Crippen LogP contribution in [0, 0.1) is 0 Å². The second kappa shape index (κ2) is 7.08. The molecule has 1 heterocycles. The highest BCUT2D eigenvalue weighted by Crippen LogP contribution is 2.28. The molecule has 0 aromatic heterocycles. The molecule has 0 radical (unpaired) electrons. The van der Waals surface area contributed by atoms with Crippen molar-refractivity contribution >= 4 is 23.4 Å². The minimum Gasteiger partial charge on any atom is -0.345 e. The number of aryl methyl sites for hydroxylation is 1. The zero-order valence-electron chi connectivity index (χ0n) is 12.4. The number of nitrogens with one attached hydrogen (secondary N) is 1. The number of likely N-dealkylation sites (tertiary alicyclic amines) is 1. The van der Waals surface area contributed by atoms with Crippen molar-refractivity contribution in [2.45, 2.75) is 24.8 Å². The summed E-state index contributed by atoms with van der Waals surface area (Å²) in [6.07, 6.45) is 1.39. The highest BCUT2D eigenvalue weighted by molar-refractivity contribution is 6.31. The summed E-state index contributed by atoms with van der Waals surface area (Å²) in [4.78, 5) is 24.3. The van der Waals surface area contributed by atoms with Gasteiger partial charge in [0.15, 0.2) is 0 Å². The van der Waals surface area contributed by atoms with Crippen molar-refractivity contribution in [3.8, 4) is 0 Å². The third-order valence-electron chi connectivity index (χ3n) is 3.72. The number of halogens is 3. The van der Waals surface area contributed by atoms with E-state index < -0.39 is 30.3 Å². The van der Waals surface area contributed by atoms with Crippen molar-refractivity contribution in [3.63, 3.8) is 0 Å². The van der Waals surface area contributed by atoms with Gasteiger partial charge in [-0.05, 0) is 24.1 Å². The van der Waals surface area contributed by atoms with Crippen molar-refractivity contribution in [2.24, 2.45) is 0 Å². The highest BCUT2D eigenvalue weighted by Gasteiger charge is 2.49. The van der Waals surface area contributed by atoms with Gasteiger partial charge in [-0.2, -0.15) is 0 Å². The van der Waals surface area contributed by atoms with Crippen LogP contribution in [0.5, 0.6) is 0 Å². The Labute approximate surface area is 138 Å². The Hall–Kier alpha value is -1.95. The molecule has 7 heteroatoms. The number of nitrogens with zero attached hydrogens (tertiary/aromatic N) is 1. The van der Waals surface area contributed by atoms with Crippen molar-refractivity contribution in [1.29, 1.82) is 0 Å². The van der Waals surface area contributed by atoms with E-state index in [1.807, 2.05) is 0 Å². The fraction of sp³-hybridized carbons (Fsp3) is 0.375. The van der Waals surface area contributed by atoms with Gasteiger partial charge >= 0.3 is 0 Å². The molecule has 23 heavy (non-hydrogen) atoms. The van der Waals surface area contributed by atoms with E-state index in [9.17, 15) is 18.4 Å². The van der Waals surface area contributed by atoms with Crippen molar-refractivity contribution < 1.29 is 18.4 Å². The Balaban J connectivity index is 1.91. The van der Waals surface area contributed by atoms with E-state index in [0.717, 1.165) is 16.5 Å². The molecule has 1 unspecified atom stereocenters. The van der Waals surface area contributed by atoms with Gasteiger partial charge in [0.05, 0.1) is 6.54 Å². The Bertz CT molecular complexity index is 622. The number of amides is 2. The van der Waals surface area contributed by atoms with E-state index >= 15 is 0 Å². The van der Waals surface area contributed by atoms with Crippen molar-refractivity contribution in [3.05, 3.63) is 47.5 Å². The summed E-state index contributed by atoms with van der Waals surface area (Å²) in [5, 5.41) is 2.84. The Morgan fingerprint density at radius 1 is 1.43 bits per heavy atom. The molecule has 1 saturated heterocycles. The normalized spacial score (nSPS) is 19.4. The van der Waals surface area contributed by atoms with E-state index in [1.165, 1.54) is 0 Å². The zero-order chi connectivity index (χ0) is 17.0. The molecule has 0 bridgehead atoms. The molecule has 1 fully saturated rings. The van der Waals surface area contributed by atoms with Gasteiger partial charge in [0.1, 0.15) is 6.04 Å². The van der Waals surface area contributed by atoms with E-state index in [2.05, 4.69) is 11.9 Å². The summed E-state index contributed by atoms with van der Waals surface area (Å²) < 4.78 is 27.8. The quantitative estimate of drug-likeness (QED) is 0.835. The largest absolute Gasteiger partial charge is 0.345 e. The average molecular weight is 343 g/mol. The topological polar surface area (TPSA) is 49.4 Å². The van der Waals surface area contributed by atoms with E-state index in [4.69, 9.17) is 11.6 Å². The Morgan fingerprint density at radius 3 is 2.78 bits per heavy atom. The predicted octanol–water partition coefficient (Wildman–Crippen LogP) is 2.42. The molecular weight excluding hydrogens is 326 g/mol. The predicted molar refractivity (Wildman–Crippen MR) is 83.4 cm³/mol. The molecule has 4 nitrogen and oxygen atoms in total. The maximum absolute atomic E-state index is 13.9. The van der Waals surface area contributed by atoms with Crippen LogP contribution < -0.4 is 5.32 Å². The summed E-state index contributed by atoms with van der Waals surface area (Å²) in [5.41, 5.74) is 0.783. The van der Waals surface area contributed by atoms with Crippen LogP contribution in [-0.4, -0.2) is 41.8 Å². The monoisotopic (exact) mass is 342 g/mol. The second-order valence-electron chi connectivity index (χ2n) is 5.40. The number of carbonyl (C=O) groups excluding carboxylic acids is 2. The van der Waals surface area contributed by atoms with Gasteiger partial charge in [0.25, 0.3) is 5.92 Å². The van der Waals surface area contributed by atoms with Crippen LogP contribution in [0.3, 0.4) is 0 Å². The van der Waals surface area contributed by atoms with Gasteiger partial charge < -0.3 is 10.2 Å². The maximum Gasteiger partial charge on any atom is 0.286 e. The smallest absolute Gasteiger partial charge is 0.286 e. The van der Waals surface area contributed by atoms with Gasteiger partial charge in [0, 0.05) is 18.0 Å². The molecule has 0 saturated carbocycles. The first-order valence-corrected chi connectivity index (χ1v) is 7.53. The fourth-order valence-corrected chi connectivity index (χ4v) is 2.68. The molecule has 2 amide bonds. The molecule has 1 aromatic rings. The van der Waals surface area contributed by atoms with Gasteiger partial charge in [0.2, 0.25) is 11.8 Å². The number of rotatable bonds is 5. The Kier molecular flexibility index (Phi) is 5.36. The summed E-state index contributed by atoms with van der Waals surface area (Å²) in [5.74, 6) is -4.22. The minimum absolute atomic E-state index is 0.0473. The third-order valence-corrected chi connectivity index (χ3v) is 4.08. The average Bonchev–Trinajstić information content (AvgIpc) is 2.80. The molecular formula is C16H17ClF2N2O2. The first-order valence-electron chi connectivity index (χ1n) is 7.15. The van der Waals surface area contributed by atoms with Crippen LogP contribution in [0.1, 0.15) is 12.0 Å². The summed E-state index contributed by atoms with van der Waals surface area (Å²) in [6.45, 7) is 2.33. The third kappa shape index (κ3) is 4.28. The lowest BCUT2D eigenvalue weighted by Gasteiger charge is -2.18. The van der Waals surface area contributed by atoms with Crippen LogP contribution in [0.4, 0.5) is 8.78 Å². The van der Waals surface area contributed by atoms with Crippen LogP contribution in [-0.2, 0) is 16.0 Å². The van der Waals surface area contributed by atoms with Crippen molar-refractivity contribution in [1.82, 2.24) is 10.2 Å². The number of hydrogen-bond acceptors (Lipinski definition) is 2. The molecule has 1 N–H and O–H groups in total. The minimum atomic E-state index is -3.15. The van der Waals surface area contributed by atoms with E-state index in [1.54, 1.807) is 24.3 Å². The first kappa shape index (κ1) is 17.4. The first-order chi connectivity index (χ1) is 10.8. The number of carbonyl (C=O) groups is 2. The lowest BCUT2D eigenvalue weighted by molar-refractivity contribution is -0.126. The fourth-order valence-electron chi connectivity index (χ4n) is 2.45. The van der Waals surface area contributed by atoms with Crippen LogP contribution in [0.2, 0.25) is 5.02 Å². The van der Waals surface area contributed by atoms with Gasteiger partial charge in [-0.3, -0.25) is 9.59 Å². The number of hydrogen-bond donors (Lipinski definition) is 1. The standard InChI is InChI=1S/C16H17ClF2N2O2/c1-2-15(23)21-9-13(16(18,19)10-21)20-14(22)8-7-11-5-3-4-6-12(11)17/h2-6,13H,1,7-10H2,(H,20,22). The van der Waals surface area contributed by atoms with E-state index in [-0.39, 0.29) is 13.0 Å². The van der Waals surface area contributed by atoms with Gasteiger partial charge in [-0.1, -0.05) is 36.4 Å². The molecule has 1 atom stereocenters. The summed E-state index contributed by atoms with van der Waals surface area (Å²) >= 11 is 5.99. The molecule has 1 aromatic carbocycles.